The molecule has 0 radical (unpaired) electrons. The molecule has 0 aromatic heterocycles. The molecular weight excluding hydrogens is 323 g/mol. The first-order valence-corrected chi connectivity index (χ1v) is 7.21. The fraction of sp³-hybridized carbons (Fsp3) is 0.125. The summed E-state index contributed by atoms with van der Waals surface area (Å²) in [5.74, 6) is 0.364. The van der Waals surface area contributed by atoms with Gasteiger partial charge < -0.3 is 4.74 Å². The molecule has 1 amide bonds. The molecule has 0 bridgehead atoms. The van der Waals surface area contributed by atoms with Crippen molar-refractivity contribution < 1.29 is 9.53 Å². The maximum atomic E-state index is 12.0. The number of carbonyl (C=O) groups excluding carboxylic acids is 1. The molecule has 0 heterocycles. The van der Waals surface area contributed by atoms with Crippen LogP contribution in [0.1, 0.15) is 22.8 Å². The molecule has 0 atom stereocenters. The van der Waals surface area contributed by atoms with Gasteiger partial charge in [0.15, 0.2) is 0 Å². The number of hydrogen-bond acceptors (Lipinski definition) is 3. The molecule has 0 saturated carbocycles. The number of nitrogens with one attached hydrogen (secondary N) is 1. The molecule has 0 aliphatic heterocycles. The van der Waals surface area contributed by atoms with Gasteiger partial charge in [-0.05, 0) is 55.0 Å². The SMILES string of the molecule is COc1ccc(C(C)=NNC(=O)c2ccc(Cl)cc2Cl)cc1. The molecule has 2 aromatic rings. The van der Waals surface area contributed by atoms with Crippen molar-refractivity contribution in [2.75, 3.05) is 7.11 Å². The predicted molar refractivity (Wildman–Crippen MR) is 89.1 cm³/mol. The molecule has 0 aliphatic rings. The van der Waals surface area contributed by atoms with Crippen LogP contribution in [0.2, 0.25) is 10.0 Å². The minimum Gasteiger partial charge on any atom is -0.497 e. The number of halogens is 2. The molecule has 0 saturated heterocycles. The van der Waals surface area contributed by atoms with E-state index >= 15 is 0 Å². The van der Waals surface area contributed by atoms with Crippen LogP contribution in [0, 0.1) is 0 Å². The predicted octanol–water partition coefficient (Wildman–Crippen LogP) is 4.16. The minimum atomic E-state index is -0.394. The van der Waals surface area contributed by atoms with Crippen LogP contribution in [-0.4, -0.2) is 18.7 Å². The largest absolute Gasteiger partial charge is 0.497 e. The number of methoxy groups -OCH3 is 1. The lowest BCUT2D eigenvalue weighted by Crippen LogP contribution is -2.19. The van der Waals surface area contributed by atoms with Gasteiger partial charge in [-0.2, -0.15) is 5.10 Å². The Balaban J connectivity index is 2.10. The highest BCUT2D eigenvalue weighted by molar-refractivity contribution is 6.36. The van der Waals surface area contributed by atoms with Crippen molar-refractivity contribution in [2.45, 2.75) is 6.92 Å². The van der Waals surface area contributed by atoms with Crippen LogP contribution < -0.4 is 10.2 Å². The zero-order valence-electron chi connectivity index (χ0n) is 12.1. The van der Waals surface area contributed by atoms with E-state index in [0.29, 0.717) is 16.3 Å². The summed E-state index contributed by atoms with van der Waals surface area (Å²) in [5.41, 5.74) is 4.34. The lowest BCUT2D eigenvalue weighted by molar-refractivity contribution is 0.0955. The van der Waals surface area contributed by atoms with E-state index in [0.717, 1.165) is 11.3 Å². The average Bonchev–Trinajstić information content (AvgIpc) is 2.52. The van der Waals surface area contributed by atoms with Gasteiger partial charge in [-0.15, -0.1) is 0 Å². The third kappa shape index (κ3) is 4.00. The minimum absolute atomic E-state index is 0.280. The summed E-state index contributed by atoms with van der Waals surface area (Å²) in [4.78, 5) is 12.0. The van der Waals surface area contributed by atoms with Gasteiger partial charge in [-0.25, -0.2) is 5.43 Å². The molecule has 4 nitrogen and oxygen atoms in total. The highest BCUT2D eigenvalue weighted by Crippen LogP contribution is 2.20. The van der Waals surface area contributed by atoms with Gasteiger partial charge in [0.25, 0.3) is 5.91 Å². The highest BCUT2D eigenvalue weighted by atomic mass is 35.5. The van der Waals surface area contributed by atoms with Crippen molar-refractivity contribution in [3.8, 4) is 5.75 Å². The fourth-order valence-corrected chi connectivity index (χ4v) is 2.26. The summed E-state index contributed by atoms with van der Waals surface area (Å²) in [7, 11) is 1.60. The van der Waals surface area contributed by atoms with Gasteiger partial charge in [0, 0.05) is 5.02 Å². The highest BCUT2D eigenvalue weighted by Gasteiger charge is 2.10. The van der Waals surface area contributed by atoms with Crippen LogP contribution in [0.5, 0.6) is 5.75 Å². The van der Waals surface area contributed by atoms with Gasteiger partial charge in [0.1, 0.15) is 5.75 Å². The zero-order valence-corrected chi connectivity index (χ0v) is 13.6. The average molecular weight is 337 g/mol. The Bertz CT molecular complexity index is 713. The van der Waals surface area contributed by atoms with Gasteiger partial charge in [0.05, 0.1) is 23.4 Å². The van der Waals surface area contributed by atoms with E-state index in [1.54, 1.807) is 26.2 Å². The van der Waals surface area contributed by atoms with Crippen LogP contribution in [0.4, 0.5) is 0 Å². The Morgan fingerprint density at radius 1 is 1.14 bits per heavy atom. The lowest BCUT2D eigenvalue weighted by Gasteiger charge is -2.05. The second-order valence-corrected chi connectivity index (χ2v) is 5.33. The van der Waals surface area contributed by atoms with Crippen molar-refractivity contribution in [2.24, 2.45) is 5.10 Å². The first kappa shape index (κ1) is 16.3. The van der Waals surface area contributed by atoms with Crippen LogP contribution in [-0.2, 0) is 0 Å². The van der Waals surface area contributed by atoms with E-state index < -0.39 is 5.91 Å². The van der Waals surface area contributed by atoms with Crippen molar-refractivity contribution in [1.29, 1.82) is 0 Å². The van der Waals surface area contributed by atoms with Crippen molar-refractivity contribution >= 4 is 34.8 Å². The summed E-state index contributed by atoms with van der Waals surface area (Å²) in [6.45, 7) is 1.80. The first-order chi connectivity index (χ1) is 10.5. The summed E-state index contributed by atoms with van der Waals surface area (Å²) < 4.78 is 5.09. The number of rotatable bonds is 4. The Labute approximate surface area is 138 Å². The normalized spacial score (nSPS) is 11.2. The molecular formula is C16H14Cl2N2O2. The molecule has 0 spiro atoms. The molecule has 1 N–H and O–H groups in total. The van der Waals surface area contributed by atoms with E-state index in [2.05, 4.69) is 10.5 Å². The second-order valence-electron chi connectivity index (χ2n) is 4.49. The third-order valence-electron chi connectivity index (χ3n) is 3.01. The summed E-state index contributed by atoms with van der Waals surface area (Å²) in [5, 5.41) is 4.83. The second kappa shape index (κ2) is 7.29. The Morgan fingerprint density at radius 3 is 2.41 bits per heavy atom. The number of hydrogen-bond donors (Lipinski definition) is 1. The van der Waals surface area contributed by atoms with Crippen LogP contribution in [0.3, 0.4) is 0 Å². The number of hydrazone groups is 1. The van der Waals surface area contributed by atoms with E-state index in [4.69, 9.17) is 27.9 Å². The van der Waals surface area contributed by atoms with Gasteiger partial charge in [0.2, 0.25) is 0 Å². The third-order valence-corrected chi connectivity index (χ3v) is 3.56. The molecule has 2 aromatic carbocycles. The maximum Gasteiger partial charge on any atom is 0.272 e. The van der Waals surface area contributed by atoms with Gasteiger partial charge >= 0.3 is 0 Å². The zero-order chi connectivity index (χ0) is 16.1. The van der Waals surface area contributed by atoms with Gasteiger partial charge in [-0.1, -0.05) is 23.2 Å². The van der Waals surface area contributed by atoms with Crippen molar-refractivity contribution in [3.05, 3.63) is 63.6 Å². The summed E-state index contributed by atoms with van der Waals surface area (Å²) in [6.07, 6.45) is 0. The van der Waals surface area contributed by atoms with E-state index in [1.807, 2.05) is 24.3 Å². The van der Waals surface area contributed by atoms with E-state index in [1.165, 1.54) is 6.07 Å². The molecule has 6 heteroatoms. The Kier molecular flexibility index (Phi) is 5.41. The summed E-state index contributed by atoms with van der Waals surface area (Å²) in [6, 6.07) is 12.0. The Hall–Kier alpha value is -2.04. The van der Waals surface area contributed by atoms with Crippen LogP contribution >= 0.6 is 23.2 Å². The monoisotopic (exact) mass is 336 g/mol. The van der Waals surface area contributed by atoms with Crippen LogP contribution in [0.25, 0.3) is 0 Å². The molecule has 22 heavy (non-hydrogen) atoms. The molecule has 2 rings (SSSR count). The quantitative estimate of drug-likeness (QED) is 0.673. The smallest absolute Gasteiger partial charge is 0.272 e. The topological polar surface area (TPSA) is 50.7 Å². The molecule has 0 fully saturated rings. The first-order valence-electron chi connectivity index (χ1n) is 6.45. The number of amides is 1. The van der Waals surface area contributed by atoms with Gasteiger partial charge in [-0.3, -0.25) is 4.79 Å². The molecule has 114 valence electrons. The van der Waals surface area contributed by atoms with Crippen LogP contribution in [0.15, 0.2) is 47.6 Å². The van der Waals surface area contributed by atoms with Crippen molar-refractivity contribution in [3.63, 3.8) is 0 Å². The molecule has 0 unspecified atom stereocenters. The van der Waals surface area contributed by atoms with E-state index in [-0.39, 0.29) is 5.02 Å². The number of ether oxygens (including phenoxy) is 1. The number of nitrogens with zero attached hydrogens (tertiary/aromatic N) is 1. The number of carbonyl (C=O) groups is 1. The number of benzene rings is 2. The Morgan fingerprint density at radius 2 is 1.82 bits per heavy atom. The summed E-state index contributed by atoms with van der Waals surface area (Å²) >= 11 is 11.8. The van der Waals surface area contributed by atoms with Crippen molar-refractivity contribution in [1.82, 2.24) is 5.43 Å². The standard InChI is InChI=1S/C16H14Cl2N2O2/c1-10(11-3-6-13(22-2)7-4-11)19-20-16(21)14-8-5-12(17)9-15(14)18/h3-9H,1-2H3,(H,20,21). The van der Waals surface area contributed by atoms with E-state index in [9.17, 15) is 4.79 Å². The maximum absolute atomic E-state index is 12.0. The lowest BCUT2D eigenvalue weighted by atomic mass is 10.1. The molecule has 0 aliphatic carbocycles. The fourth-order valence-electron chi connectivity index (χ4n) is 1.77.